The number of rotatable bonds is 13. The predicted molar refractivity (Wildman–Crippen MR) is 239 cm³/mol. The second-order valence-corrected chi connectivity index (χ2v) is 16.7. The normalized spacial score (nSPS) is 20.1. The van der Waals surface area contributed by atoms with Gasteiger partial charge >= 0.3 is 5.90 Å². The number of nitrogens with zero attached hydrogens (tertiary/aromatic N) is 10. The lowest BCUT2D eigenvalue weighted by Crippen LogP contribution is -2.41. The van der Waals surface area contributed by atoms with Crippen molar-refractivity contribution in [3.8, 4) is 22.3 Å². The molecule has 2 saturated carbocycles. The molecule has 1 aliphatic heterocycles. The molecule has 4 aromatic heterocycles. The second kappa shape index (κ2) is 16.9. The van der Waals surface area contributed by atoms with Gasteiger partial charge in [-0.2, -0.15) is 10.2 Å². The van der Waals surface area contributed by atoms with Crippen molar-refractivity contribution in [2.75, 3.05) is 31.2 Å². The van der Waals surface area contributed by atoms with Crippen molar-refractivity contribution in [1.29, 1.82) is 10.8 Å². The number of hydrogen-bond acceptors (Lipinski definition) is 13. The molecular formula is C45H48N15O4+. The quantitative estimate of drug-likeness (QED) is 0.0638. The molecule has 3 aliphatic rings. The number of amides is 2. The Bertz CT molecular complexity index is 2740. The average molecular weight is 863 g/mol. The number of ether oxygens (including phenoxy) is 1. The van der Waals surface area contributed by atoms with Gasteiger partial charge in [-0.05, 0) is 47.9 Å². The zero-order valence-corrected chi connectivity index (χ0v) is 35.1. The minimum atomic E-state index is -0.780. The number of nitrogens with two attached hydrogens (primary N) is 2. The molecule has 9 rings (SSSR count). The van der Waals surface area contributed by atoms with Crippen LogP contribution in [-0.4, -0.2) is 105 Å². The summed E-state index contributed by atoms with van der Waals surface area (Å²) in [6.07, 6.45) is 16.4. The number of aryl methyl sites for hydroxylation is 1. The number of hydrogen-bond donors (Lipinski definition) is 5. The van der Waals surface area contributed by atoms with Crippen molar-refractivity contribution in [2.45, 2.75) is 55.6 Å². The van der Waals surface area contributed by atoms with Crippen LogP contribution in [0.15, 0.2) is 103 Å². The fourth-order valence-electron chi connectivity index (χ4n) is 8.72. The van der Waals surface area contributed by atoms with Crippen LogP contribution in [-0.2, 0) is 34.0 Å². The predicted octanol–water partition coefficient (Wildman–Crippen LogP) is 3.25. The second-order valence-electron chi connectivity index (χ2n) is 16.7. The van der Waals surface area contributed by atoms with Gasteiger partial charge in [-0.15, -0.1) is 4.99 Å². The Morgan fingerprint density at radius 2 is 1.45 bits per heavy atom. The molecular weight excluding hydrogens is 815 g/mol. The number of carbonyl (C=O) groups excluding carboxylic acids is 2. The summed E-state index contributed by atoms with van der Waals surface area (Å²) >= 11 is 0. The molecule has 6 aromatic rings. The van der Waals surface area contributed by atoms with E-state index in [2.05, 4.69) is 40.4 Å². The van der Waals surface area contributed by atoms with Gasteiger partial charge in [0.05, 0.1) is 41.5 Å². The van der Waals surface area contributed by atoms with Crippen LogP contribution >= 0.6 is 0 Å². The van der Waals surface area contributed by atoms with E-state index in [-0.39, 0.29) is 53.9 Å². The van der Waals surface area contributed by atoms with Gasteiger partial charge < -0.3 is 31.5 Å². The van der Waals surface area contributed by atoms with Crippen LogP contribution < -0.4 is 16.8 Å². The van der Waals surface area contributed by atoms with Crippen LogP contribution in [0.3, 0.4) is 0 Å². The smallest absolute Gasteiger partial charge is 0.369 e. The lowest BCUT2D eigenvalue weighted by molar-refractivity contribution is -0.131. The van der Waals surface area contributed by atoms with Crippen molar-refractivity contribution >= 4 is 41.3 Å². The van der Waals surface area contributed by atoms with Crippen molar-refractivity contribution < 1.29 is 19.4 Å². The Kier molecular flexibility index (Phi) is 11.0. The first-order valence-electron chi connectivity index (χ1n) is 21.0. The molecule has 5 heterocycles. The maximum absolute atomic E-state index is 13.5. The number of carbonyl (C=O) groups is 2. The van der Waals surface area contributed by atoms with Gasteiger partial charge in [-0.1, -0.05) is 55.0 Å². The lowest BCUT2D eigenvalue weighted by atomic mass is 9.63. The summed E-state index contributed by atoms with van der Waals surface area (Å²) in [5, 5.41) is 38.1. The van der Waals surface area contributed by atoms with E-state index in [1.54, 1.807) is 49.1 Å². The van der Waals surface area contributed by atoms with Gasteiger partial charge in [0.15, 0.2) is 0 Å². The number of nitrogens with one attached hydrogen (secondary N) is 3. The van der Waals surface area contributed by atoms with Crippen molar-refractivity contribution in [2.24, 2.45) is 18.0 Å². The Morgan fingerprint density at radius 3 is 2.03 bits per heavy atom. The summed E-state index contributed by atoms with van der Waals surface area (Å²) in [7, 11) is 1.73. The van der Waals surface area contributed by atoms with Crippen LogP contribution in [0.4, 0.5) is 11.9 Å². The summed E-state index contributed by atoms with van der Waals surface area (Å²) < 4.78 is 9.45. The molecule has 64 heavy (non-hydrogen) atoms. The average Bonchev–Trinajstić information content (AvgIpc) is 3.65. The third-order valence-electron chi connectivity index (χ3n) is 12.7. The van der Waals surface area contributed by atoms with Crippen LogP contribution in [0.25, 0.3) is 22.3 Å². The molecule has 3 fully saturated rings. The summed E-state index contributed by atoms with van der Waals surface area (Å²) in [6.45, 7) is 1.23. The lowest BCUT2D eigenvalue weighted by Gasteiger charge is -2.41. The Morgan fingerprint density at radius 1 is 0.844 bits per heavy atom. The van der Waals surface area contributed by atoms with Gasteiger partial charge in [0.25, 0.3) is 5.91 Å². The number of amidine groups is 2. The first-order valence-corrected chi connectivity index (χ1v) is 21.0. The highest BCUT2D eigenvalue weighted by atomic mass is 16.5. The zero-order valence-electron chi connectivity index (χ0n) is 35.1. The van der Waals surface area contributed by atoms with Gasteiger partial charge in [-0.3, -0.25) is 29.8 Å². The van der Waals surface area contributed by atoms with Crippen molar-refractivity contribution in [1.82, 2.24) is 49.7 Å². The summed E-state index contributed by atoms with van der Waals surface area (Å²) in [6, 6.07) is 15.7. The van der Waals surface area contributed by atoms with Gasteiger partial charge in [0.1, 0.15) is 23.8 Å². The topological polar surface area (TPSA) is 281 Å². The molecule has 326 valence electrons. The molecule has 1 saturated heterocycles. The fraction of sp³-hybridized carbons (Fsp3) is 0.311. The molecule has 2 amide bonds. The first-order chi connectivity index (χ1) is 30.9. The van der Waals surface area contributed by atoms with Crippen LogP contribution in [0.5, 0.6) is 0 Å². The third-order valence-corrected chi connectivity index (χ3v) is 12.7. The molecule has 19 nitrogen and oxygen atoms in total. The van der Waals surface area contributed by atoms with E-state index in [9.17, 15) is 9.59 Å². The summed E-state index contributed by atoms with van der Waals surface area (Å²) in [4.78, 5) is 49.1. The van der Waals surface area contributed by atoms with Gasteiger partial charge in [-0.25, -0.2) is 19.9 Å². The van der Waals surface area contributed by atoms with E-state index in [0.29, 0.717) is 43.7 Å². The third kappa shape index (κ3) is 8.19. The number of aliphatic imine (C=N–C) groups is 1. The Labute approximate surface area is 367 Å². The van der Waals surface area contributed by atoms with Crippen LogP contribution in [0.1, 0.15) is 59.2 Å². The van der Waals surface area contributed by atoms with E-state index in [4.69, 9.17) is 32.1 Å². The molecule has 19 heteroatoms. The molecule has 2 unspecified atom stereocenters. The number of aromatic nitrogens is 8. The maximum Gasteiger partial charge on any atom is 0.369 e. The molecule has 0 bridgehead atoms. The standard InChI is InChI=1S/C45H47N15O4/c1-58-22-31(20-54-58)38(62)57-41(47)45(34-9-5-28(6-10-34)30-18-52-43(49)53-19-30)15-35(45)26-64-36-11-14-59(24-36)37(61)25-60-23-32(21-55-60)39(63)56-40(46)44(12-2-13-44)33-7-3-27(4-8-33)29-16-50-42(48)51-17-29/h3-10,16-23,35-36H,2,11-15,24-26H2,1H3,(H2,46,56,63)(H2,47,57,62)(H2,48,50,51)(H2,49,52,53)/p+1/t35?,36-,45?/m1/s1. The highest BCUT2D eigenvalue weighted by Crippen LogP contribution is 2.55. The minimum absolute atomic E-state index is 0.0230. The Balaban J connectivity index is 0.804. The van der Waals surface area contributed by atoms with E-state index in [0.717, 1.165) is 52.6 Å². The molecule has 0 radical (unpaired) electrons. The van der Waals surface area contributed by atoms with Crippen molar-refractivity contribution in [3.05, 3.63) is 120 Å². The van der Waals surface area contributed by atoms with E-state index in [1.165, 1.54) is 21.8 Å². The van der Waals surface area contributed by atoms with Crippen LogP contribution in [0.2, 0.25) is 0 Å². The minimum Gasteiger partial charge on any atom is -0.578 e. The number of likely N-dealkylation sites (tertiary alicyclic amines) is 1. The number of anilines is 2. The Hall–Kier alpha value is -7.67. The van der Waals surface area contributed by atoms with E-state index >= 15 is 0 Å². The monoisotopic (exact) mass is 862 g/mol. The van der Waals surface area contributed by atoms with Gasteiger partial charge in [0, 0.05) is 74.4 Å². The molecule has 9 N–H and O–H groups in total. The SMILES string of the molecule is Cn1cc(C(=O)NC(=N)C2(c3ccc(-c4cnc(N)nc4)cc3)CC2CO[C@@H]2CCN(C(=O)Cn3cc(C([OH2+])=NC(=N)C4(c5ccc(-c6cnc(N)nc6)cc5)CCC4)cn3)C2)cn1. The maximum atomic E-state index is 13.5. The largest absolute Gasteiger partial charge is 0.578 e. The van der Waals surface area contributed by atoms with Crippen molar-refractivity contribution in [3.63, 3.8) is 0 Å². The number of nitrogen functional groups attached to an aromatic ring is 2. The summed E-state index contributed by atoms with van der Waals surface area (Å²) in [5.41, 5.74) is 16.0. The van der Waals surface area contributed by atoms with E-state index < -0.39 is 16.7 Å². The summed E-state index contributed by atoms with van der Waals surface area (Å²) in [5.74, 6) is -0.123. The fourth-order valence-corrected chi connectivity index (χ4v) is 8.72. The van der Waals surface area contributed by atoms with Gasteiger partial charge in [0.2, 0.25) is 17.8 Å². The highest BCUT2D eigenvalue weighted by Gasteiger charge is 2.59. The van der Waals surface area contributed by atoms with Crippen LogP contribution in [0, 0.1) is 16.7 Å². The zero-order chi connectivity index (χ0) is 44.6. The molecule has 2 aliphatic carbocycles. The highest BCUT2D eigenvalue weighted by molar-refractivity contribution is 6.10. The molecule has 3 atom stereocenters. The molecule has 0 spiro atoms. The van der Waals surface area contributed by atoms with E-state index in [1.807, 2.05) is 48.5 Å². The molecule has 2 aromatic carbocycles. The number of benzene rings is 2. The first kappa shape index (κ1) is 41.7.